The second kappa shape index (κ2) is 6.22. The number of hydrogen-bond donors (Lipinski definition) is 1. The Bertz CT molecular complexity index is 886. The second-order valence-corrected chi connectivity index (χ2v) is 7.56. The molecule has 5 nitrogen and oxygen atoms in total. The van der Waals surface area contributed by atoms with Gasteiger partial charge >= 0.3 is 5.97 Å². The lowest BCUT2D eigenvalue weighted by Gasteiger charge is -2.26. The Balaban J connectivity index is 2.08. The lowest BCUT2D eigenvalue weighted by molar-refractivity contribution is -0.133. The number of nitrogens with zero attached hydrogens (tertiary/aromatic N) is 1. The number of aryl methyl sites for hydroxylation is 1. The highest BCUT2D eigenvalue weighted by Crippen LogP contribution is 2.37. The monoisotopic (exact) mass is 343 g/mol. The van der Waals surface area contributed by atoms with Crippen LogP contribution in [-0.2, 0) is 14.8 Å². The summed E-state index contributed by atoms with van der Waals surface area (Å²) in [6, 6.07) is 14.5. The van der Waals surface area contributed by atoms with Crippen molar-refractivity contribution in [2.75, 3.05) is 6.54 Å². The molecule has 0 amide bonds. The molecule has 0 aromatic heterocycles. The zero-order valence-corrected chi connectivity index (χ0v) is 13.9. The molecule has 0 aliphatic carbocycles. The standard InChI is InChI=1S/C18H17NO4S/c1-13-7-9-14(10-8-13)17-16(18(20)21)11-12-19(17)24(22,23)15-5-3-2-4-6-15/h2-11,17H,12H2,1H3,(H,20,21). The lowest BCUT2D eigenvalue weighted by Crippen LogP contribution is -2.33. The van der Waals surface area contributed by atoms with Crippen molar-refractivity contribution in [2.24, 2.45) is 0 Å². The van der Waals surface area contributed by atoms with Gasteiger partial charge in [-0.15, -0.1) is 0 Å². The number of rotatable bonds is 4. The second-order valence-electron chi connectivity index (χ2n) is 5.67. The predicted octanol–water partition coefficient (Wildman–Crippen LogP) is 2.75. The molecule has 0 saturated heterocycles. The van der Waals surface area contributed by atoms with Gasteiger partial charge in [0.2, 0.25) is 10.0 Å². The van der Waals surface area contributed by atoms with Crippen molar-refractivity contribution in [1.29, 1.82) is 0 Å². The fourth-order valence-corrected chi connectivity index (χ4v) is 4.38. The smallest absolute Gasteiger partial charge is 0.333 e. The maximum Gasteiger partial charge on any atom is 0.333 e. The zero-order chi connectivity index (χ0) is 17.3. The van der Waals surface area contributed by atoms with Crippen LogP contribution in [0.2, 0.25) is 0 Å². The van der Waals surface area contributed by atoms with Crippen molar-refractivity contribution >= 4 is 16.0 Å². The minimum atomic E-state index is -3.79. The minimum absolute atomic E-state index is 0.0391. The average Bonchev–Trinajstić information content (AvgIpc) is 3.02. The normalized spacial score (nSPS) is 18.4. The molecule has 24 heavy (non-hydrogen) atoms. The highest BCUT2D eigenvalue weighted by molar-refractivity contribution is 7.89. The molecular weight excluding hydrogens is 326 g/mol. The van der Waals surface area contributed by atoms with Gasteiger partial charge in [0.05, 0.1) is 16.5 Å². The molecule has 0 bridgehead atoms. The summed E-state index contributed by atoms with van der Waals surface area (Å²) in [5.41, 5.74) is 1.75. The first-order chi connectivity index (χ1) is 11.4. The van der Waals surface area contributed by atoms with Gasteiger partial charge in [0.15, 0.2) is 0 Å². The molecule has 2 aromatic rings. The molecule has 1 N–H and O–H groups in total. The van der Waals surface area contributed by atoms with Crippen LogP contribution in [0.3, 0.4) is 0 Å². The quantitative estimate of drug-likeness (QED) is 0.926. The van der Waals surface area contributed by atoms with Crippen LogP contribution in [-0.4, -0.2) is 30.3 Å². The van der Waals surface area contributed by atoms with E-state index in [4.69, 9.17) is 0 Å². The predicted molar refractivity (Wildman–Crippen MR) is 90.0 cm³/mol. The van der Waals surface area contributed by atoms with E-state index in [0.717, 1.165) is 5.56 Å². The van der Waals surface area contributed by atoms with Gasteiger partial charge in [-0.3, -0.25) is 0 Å². The van der Waals surface area contributed by atoms with Crippen LogP contribution in [0.5, 0.6) is 0 Å². The Kier molecular flexibility index (Phi) is 4.26. The van der Waals surface area contributed by atoms with Crippen molar-refractivity contribution < 1.29 is 18.3 Å². The maximum absolute atomic E-state index is 13.0. The summed E-state index contributed by atoms with van der Waals surface area (Å²) in [6.07, 6.45) is 1.47. The Morgan fingerprint density at radius 1 is 1.08 bits per heavy atom. The molecule has 0 saturated carbocycles. The topological polar surface area (TPSA) is 74.7 Å². The van der Waals surface area contributed by atoms with E-state index in [1.165, 1.54) is 22.5 Å². The van der Waals surface area contributed by atoms with Crippen LogP contribution in [0, 0.1) is 6.92 Å². The van der Waals surface area contributed by atoms with E-state index < -0.39 is 22.0 Å². The van der Waals surface area contributed by atoms with E-state index >= 15 is 0 Å². The van der Waals surface area contributed by atoms with Crippen molar-refractivity contribution in [3.63, 3.8) is 0 Å². The van der Waals surface area contributed by atoms with E-state index in [2.05, 4.69) is 0 Å². The highest BCUT2D eigenvalue weighted by atomic mass is 32.2. The summed E-state index contributed by atoms with van der Waals surface area (Å²) in [5, 5.41) is 9.46. The molecular formula is C18H17NO4S. The summed E-state index contributed by atoms with van der Waals surface area (Å²) in [5.74, 6) is -1.11. The fourth-order valence-electron chi connectivity index (χ4n) is 2.82. The van der Waals surface area contributed by atoms with E-state index in [1.807, 2.05) is 19.1 Å². The molecule has 124 valence electrons. The van der Waals surface area contributed by atoms with Crippen LogP contribution in [0.15, 0.2) is 71.1 Å². The summed E-state index contributed by atoms with van der Waals surface area (Å²) in [4.78, 5) is 11.7. The van der Waals surface area contributed by atoms with Crippen molar-refractivity contribution in [3.05, 3.63) is 77.4 Å². The van der Waals surface area contributed by atoms with Crippen LogP contribution in [0.25, 0.3) is 0 Å². The van der Waals surface area contributed by atoms with Gasteiger partial charge in [-0.25, -0.2) is 13.2 Å². The van der Waals surface area contributed by atoms with E-state index in [1.54, 1.807) is 30.3 Å². The van der Waals surface area contributed by atoms with Gasteiger partial charge in [0.1, 0.15) is 0 Å². The van der Waals surface area contributed by atoms with Gasteiger partial charge in [-0.2, -0.15) is 4.31 Å². The van der Waals surface area contributed by atoms with Crippen molar-refractivity contribution in [3.8, 4) is 0 Å². The molecule has 1 unspecified atom stereocenters. The van der Waals surface area contributed by atoms with E-state index in [0.29, 0.717) is 5.56 Å². The lowest BCUT2D eigenvalue weighted by atomic mass is 10.00. The van der Waals surface area contributed by atoms with Gasteiger partial charge in [-0.05, 0) is 24.6 Å². The van der Waals surface area contributed by atoms with E-state index in [9.17, 15) is 18.3 Å². The largest absolute Gasteiger partial charge is 0.478 e. The van der Waals surface area contributed by atoms with Gasteiger partial charge in [-0.1, -0.05) is 54.1 Å². The SMILES string of the molecule is Cc1ccc(C2C(C(=O)O)=CCN2S(=O)(=O)c2ccccc2)cc1. The van der Waals surface area contributed by atoms with E-state index in [-0.39, 0.29) is 17.0 Å². The summed E-state index contributed by atoms with van der Waals surface area (Å²) < 4.78 is 27.1. The van der Waals surface area contributed by atoms with Crippen LogP contribution < -0.4 is 0 Å². The Morgan fingerprint density at radius 3 is 2.29 bits per heavy atom. The first kappa shape index (κ1) is 16.4. The number of sulfonamides is 1. The zero-order valence-electron chi connectivity index (χ0n) is 13.1. The number of carboxylic acids is 1. The number of benzene rings is 2. The first-order valence-electron chi connectivity index (χ1n) is 7.48. The molecule has 6 heteroatoms. The van der Waals surface area contributed by atoms with Gasteiger partial charge < -0.3 is 5.11 Å². The van der Waals surface area contributed by atoms with Crippen LogP contribution in [0.4, 0.5) is 0 Å². The Hall–Kier alpha value is -2.44. The third-order valence-corrected chi connectivity index (χ3v) is 5.91. The number of carboxylic acid groups (broad SMARTS) is 1. The number of hydrogen-bond acceptors (Lipinski definition) is 3. The molecule has 3 rings (SSSR count). The first-order valence-corrected chi connectivity index (χ1v) is 8.92. The molecule has 1 heterocycles. The third-order valence-electron chi connectivity index (χ3n) is 4.06. The van der Waals surface area contributed by atoms with Crippen LogP contribution >= 0.6 is 0 Å². The molecule has 0 fully saturated rings. The molecule has 1 aliphatic heterocycles. The summed E-state index contributed by atoms with van der Waals surface area (Å²) in [7, 11) is -3.79. The van der Waals surface area contributed by atoms with Crippen molar-refractivity contribution in [2.45, 2.75) is 17.9 Å². The number of aliphatic carboxylic acids is 1. The molecule has 2 aromatic carbocycles. The Morgan fingerprint density at radius 2 is 1.71 bits per heavy atom. The Labute approximate surface area is 140 Å². The maximum atomic E-state index is 13.0. The molecule has 0 radical (unpaired) electrons. The molecule has 1 aliphatic rings. The molecule has 0 spiro atoms. The third kappa shape index (κ3) is 2.86. The molecule has 1 atom stereocenters. The minimum Gasteiger partial charge on any atom is -0.478 e. The van der Waals surface area contributed by atoms with Crippen LogP contribution in [0.1, 0.15) is 17.2 Å². The summed E-state index contributed by atoms with van der Waals surface area (Å²) >= 11 is 0. The summed E-state index contributed by atoms with van der Waals surface area (Å²) in [6.45, 7) is 1.96. The number of carbonyl (C=O) groups is 1. The highest BCUT2D eigenvalue weighted by Gasteiger charge is 2.40. The van der Waals surface area contributed by atoms with Gasteiger partial charge in [0.25, 0.3) is 0 Å². The fraction of sp³-hybridized carbons (Fsp3) is 0.167. The average molecular weight is 343 g/mol. The van der Waals surface area contributed by atoms with Gasteiger partial charge in [0, 0.05) is 6.54 Å². The van der Waals surface area contributed by atoms with Crippen molar-refractivity contribution in [1.82, 2.24) is 4.31 Å².